The molecule has 2 N–H and O–H groups in total. The van der Waals surface area contributed by atoms with Crippen LogP contribution in [0, 0.1) is 0 Å². The summed E-state index contributed by atoms with van der Waals surface area (Å²) in [7, 11) is 1.84. The Morgan fingerprint density at radius 1 is 1.00 bits per heavy atom. The fraction of sp³-hybridized carbons (Fsp3) is 0.0476. The molecule has 3 aromatic heterocycles. The molecule has 7 heteroatoms. The van der Waals surface area contributed by atoms with Crippen molar-refractivity contribution in [3.8, 4) is 22.5 Å². The molecule has 0 saturated heterocycles. The summed E-state index contributed by atoms with van der Waals surface area (Å²) in [5.41, 5.74) is 4.85. The van der Waals surface area contributed by atoms with E-state index in [1.54, 1.807) is 18.5 Å². The van der Waals surface area contributed by atoms with Crippen LogP contribution in [0.4, 0.5) is 5.82 Å². The Balaban J connectivity index is 1.66. The van der Waals surface area contributed by atoms with Gasteiger partial charge in [0.05, 0.1) is 11.0 Å². The van der Waals surface area contributed by atoms with E-state index in [1.807, 2.05) is 49.5 Å². The summed E-state index contributed by atoms with van der Waals surface area (Å²) in [5, 5.41) is 4.07. The van der Waals surface area contributed by atoms with Gasteiger partial charge in [-0.05, 0) is 47.5 Å². The highest BCUT2D eigenvalue weighted by Crippen LogP contribution is 2.30. The van der Waals surface area contributed by atoms with Crippen molar-refractivity contribution in [3.05, 3.63) is 71.5 Å². The minimum Gasteiger partial charge on any atom is -0.408 e. The molecule has 0 aliphatic heterocycles. The van der Waals surface area contributed by atoms with E-state index in [0.717, 1.165) is 33.4 Å². The molecule has 28 heavy (non-hydrogen) atoms. The van der Waals surface area contributed by atoms with Gasteiger partial charge >= 0.3 is 5.76 Å². The first kappa shape index (κ1) is 16.2. The van der Waals surface area contributed by atoms with Crippen molar-refractivity contribution in [1.29, 1.82) is 0 Å². The van der Waals surface area contributed by atoms with Gasteiger partial charge < -0.3 is 9.73 Å². The molecule has 0 amide bonds. The number of rotatable bonds is 3. The van der Waals surface area contributed by atoms with Crippen molar-refractivity contribution in [2.75, 3.05) is 12.4 Å². The zero-order valence-corrected chi connectivity index (χ0v) is 14.9. The molecular formula is C21H15N5O2. The van der Waals surface area contributed by atoms with E-state index in [9.17, 15) is 4.79 Å². The van der Waals surface area contributed by atoms with E-state index in [4.69, 9.17) is 4.42 Å². The van der Waals surface area contributed by atoms with Crippen LogP contribution in [0.1, 0.15) is 0 Å². The average Bonchev–Trinajstić information content (AvgIpc) is 3.12. The zero-order chi connectivity index (χ0) is 19.1. The largest absolute Gasteiger partial charge is 0.417 e. The van der Waals surface area contributed by atoms with Crippen LogP contribution in [0.5, 0.6) is 0 Å². The van der Waals surface area contributed by atoms with Crippen molar-refractivity contribution < 1.29 is 4.42 Å². The minimum atomic E-state index is -0.459. The van der Waals surface area contributed by atoms with E-state index in [-0.39, 0.29) is 0 Å². The predicted molar refractivity (Wildman–Crippen MR) is 108 cm³/mol. The Labute approximate surface area is 159 Å². The number of aromatic amines is 1. The quantitative estimate of drug-likeness (QED) is 0.502. The number of anilines is 1. The summed E-state index contributed by atoms with van der Waals surface area (Å²) >= 11 is 0. The topological polar surface area (TPSA) is 96.7 Å². The molecule has 0 saturated carbocycles. The van der Waals surface area contributed by atoms with Gasteiger partial charge in [-0.15, -0.1) is 0 Å². The molecule has 7 nitrogen and oxygen atoms in total. The number of aromatic nitrogens is 4. The van der Waals surface area contributed by atoms with Crippen molar-refractivity contribution in [2.24, 2.45) is 0 Å². The van der Waals surface area contributed by atoms with E-state index in [1.165, 1.54) is 0 Å². The van der Waals surface area contributed by atoms with Gasteiger partial charge in [0.25, 0.3) is 0 Å². The lowest BCUT2D eigenvalue weighted by atomic mass is 10.0. The molecule has 0 atom stereocenters. The van der Waals surface area contributed by atoms with Gasteiger partial charge in [-0.2, -0.15) is 0 Å². The van der Waals surface area contributed by atoms with E-state index < -0.39 is 5.76 Å². The second kappa shape index (κ2) is 6.31. The Hall–Kier alpha value is -4.00. The normalized spacial score (nSPS) is 11.2. The smallest absolute Gasteiger partial charge is 0.408 e. The molecule has 3 heterocycles. The Morgan fingerprint density at radius 2 is 1.86 bits per heavy atom. The Morgan fingerprint density at radius 3 is 2.68 bits per heavy atom. The molecule has 136 valence electrons. The van der Waals surface area contributed by atoms with Gasteiger partial charge in [0.15, 0.2) is 11.4 Å². The molecule has 2 aromatic carbocycles. The maximum atomic E-state index is 11.4. The summed E-state index contributed by atoms with van der Waals surface area (Å²) < 4.78 is 5.07. The lowest BCUT2D eigenvalue weighted by Gasteiger charge is -2.10. The molecule has 0 unspecified atom stereocenters. The summed E-state index contributed by atoms with van der Waals surface area (Å²) in [6, 6.07) is 15.4. The van der Waals surface area contributed by atoms with E-state index >= 15 is 0 Å². The van der Waals surface area contributed by atoms with Gasteiger partial charge in [-0.3, -0.25) is 9.97 Å². The number of hydrogen-bond acceptors (Lipinski definition) is 6. The first-order chi connectivity index (χ1) is 13.7. The molecule has 0 spiro atoms. The van der Waals surface area contributed by atoms with Gasteiger partial charge in [-0.25, -0.2) is 14.8 Å². The molecule has 0 fully saturated rings. The fourth-order valence-electron chi connectivity index (χ4n) is 3.25. The molecule has 5 aromatic rings. The van der Waals surface area contributed by atoms with Crippen LogP contribution < -0.4 is 11.1 Å². The second-order valence-corrected chi connectivity index (χ2v) is 6.34. The minimum absolute atomic E-state index is 0.459. The van der Waals surface area contributed by atoms with Crippen LogP contribution in [-0.4, -0.2) is 27.0 Å². The van der Waals surface area contributed by atoms with Crippen molar-refractivity contribution in [2.45, 2.75) is 0 Å². The van der Waals surface area contributed by atoms with Gasteiger partial charge in [0.2, 0.25) is 0 Å². The number of H-pyrrole nitrogens is 1. The number of fused-ring (bicyclic) bond motifs is 2. The highest BCUT2D eigenvalue weighted by molar-refractivity contribution is 5.94. The molecule has 0 bridgehead atoms. The van der Waals surface area contributed by atoms with Crippen LogP contribution in [0.3, 0.4) is 0 Å². The Kier molecular flexibility index (Phi) is 3.65. The van der Waals surface area contributed by atoms with Crippen LogP contribution in [-0.2, 0) is 0 Å². The van der Waals surface area contributed by atoms with Crippen molar-refractivity contribution in [3.63, 3.8) is 0 Å². The number of nitrogens with zero attached hydrogens (tertiary/aromatic N) is 3. The summed E-state index contributed by atoms with van der Waals surface area (Å²) in [6.07, 6.45) is 3.47. The van der Waals surface area contributed by atoms with Gasteiger partial charge in [0.1, 0.15) is 5.82 Å². The monoisotopic (exact) mass is 369 g/mol. The molecule has 0 aliphatic rings. The summed E-state index contributed by atoms with van der Waals surface area (Å²) in [5.74, 6) is 0.901. The van der Waals surface area contributed by atoms with Crippen molar-refractivity contribution >= 4 is 27.8 Å². The fourth-order valence-corrected chi connectivity index (χ4v) is 3.25. The highest BCUT2D eigenvalue weighted by atomic mass is 16.4. The number of pyridine rings is 1. The van der Waals surface area contributed by atoms with Gasteiger partial charge in [-0.1, -0.05) is 12.1 Å². The number of oxazole rings is 1. The third-order valence-electron chi connectivity index (χ3n) is 4.60. The predicted octanol–water partition coefficient (Wildman–Crippen LogP) is 3.84. The number of nitrogens with one attached hydrogen (secondary N) is 2. The zero-order valence-electron chi connectivity index (χ0n) is 14.9. The average molecular weight is 369 g/mol. The maximum absolute atomic E-state index is 11.4. The van der Waals surface area contributed by atoms with E-state index in [0.29, 0.717) is 16.9 Å². The second-order valence-electron chi connectivity index (χ2n) is 6.34. The van der Waals surface area contributed by atoms with Crippen LogP contribution >= 0.6 is 0 Å². The van der Waals surface area contributed by atoms with Gasteiger partial charge in [0, 0.05) is 30.4 Å². The highest BCUT2D eigenvalue weighted by Gasteiger charge is 2.11. The van der Waals surface area contributed by atoms with Crippen LogP contribution in [0.2, 0.25) is 0 Å². The SMILES string of the molecule is CNc1nc(-c2cccnc2)nc2ccc(-c3ccc4oc(=O)[nH]c4c3)cc12. The first-order valence-corrected chi connectivity index (χ1v) is 8.74. The summed E-state index contributed by atoms with van der Waals surface area (Å²) in [6.45, 7) is 0. The lowest BCUT2D eigenvalue weighted by Crippen LogP contribution is -1.99. The molecule has 0 radical (unpaired) electrons. The first-order valence-electron chi connectivity index (χ1n) is 8.74. The van der Waals surface area contributed by atoms with Crippen LogP contribution in [0.25, 0.3) is 44.5 Å². The number of benzene rings is 2. The Bertz CT molecular complexity index is 1370. The van der Waals surface area contributed by atoms with Crippen LogP contribution in [0.15, 0.2) is 70.1 Å². The molecule has 0 aliphatic carbocycles. The third kappa shape index (κ3) is 2.69. The maximum Gasteiger partial charge on any atom is 0.417 e. The van der Waals surface area contributed by atoms with Crippen molar-refractivity contribution in [1.82, 2.24) is 19.9 Å². The van der Waals surface area contributed by atoms with E-state index in [2.05, 4.69) is 25.3 Å². The molecular weight excluding hydrogens is 354 g/mol. The standard InChI is InChI=1S/C21H15N5O2/c1-22-20-15-9-12(13-5-7-18-17(10-13)25-21(27)28-18)4-6-16(15)24-19(26-20)14-3-2-8-23-11-14/h2-11H,1H3,(H,25,27)(H,22,24,26). The lowest BCUT2D eigenvalue weighted by molar-refractivity contribution is 0.555. The third-order valence-corrected chi connectivity index (χ3v) is 4.60. The number of hydrogen-bond donors (Lipinski definition) is 2. The summed E-state index contributed by atoms with van der Waals surface area (Å²) in [4.78, 5) is 27.6. The molecule has 5 rings (SSSR count).